The molecule has 0 unspecified atom stereocenters. The molecule has 3 N–H and O–H groups in total. The van der Waals surface area contributed by atoms with Crippen molar-refractivity contribution < 1.29 is 9.59 Å². The van der Waals surface area contributed by atoms with Crippen molar-refractivity contribution in [2.75, 3.05) is 10.6 Å². The summed E-state index contributed by atoms with van der Waals surface area (Å²) in [5.41, 5.74) is 3.01. The van der Waals surface area contributed by atoms with Crippen LogP contribution in [0.5, 0.6) is 0 Å². The predicted octanol–water partition coefficient (Wildman–Crippen LogP) is 5.42. The molecule has 0 spiro atoms. The summed E-state index contributed by atoms with van der Waals surface area (Å²) in [7, 11) is 0. The van der Waals surface area contributed by atoms with E-state index < -0.39 is 0 Å². The van der Waals surface area contributed by atoms with Crippen LogP contribution >= 0.6 is 12.2 Å². The van der Waals surface area contributed by atoms with E-state index in [0.717, 1.165) is 23.4 Å². The number of benzene rings is 2. The topological polar surface area (TPSA) is 70.2 Å². The van der Waals surface area contributed by atoms with Crippen molar-refractivity contribution in [1.82, 2.24) is 5.32 Å². The molecule has 0 atom stereocenters. The summed E-state index contributed by atoms with van der Waals surface area (Å²) < 4.78 is 0. The first-order valence-electron chi connectivity index (χ1n) is 10.6. The summed E-state index contributed by atoms with van der Waals surface area (Å²) in [6.07, 6.45) is 7.82. The smallest absolute Gasteiger partial charge is 0.255 e. The van der Waals surface area contributed by atoms with E-state index in [9.17, 15) is 9.59 Å². The highest BCUT2D eigenvalue weighted by Crippen LogP contribution is 2.27. The van der Waals surface area contributed by atoms with Crippen LogP contribution in [0.25, 0.3) is 0 Å². The highest BCUT2D eigenvalue weighted by atomic mass is 32.1. The largest absolute Gasteiger partial charge is 0.332 e. The van der Waals surface area contributed by atoms with E-state index in [1.807, 2.05) is 43.3 Å². The minimum atomic E-state index is -0.153. The van der Waals surface area contributed by atoms with Crippen molar-refractivity contribution >= 4 is 40.5 Å². The SMILES string of the molecule is Cc1cc(NC(=S)NC(=O)CCC2CCCCC2)ccc1NC(=O)c1ccccc1. The Morgan fingerprint density at radius 3 is 2.43 bits per heavy atom. The third-order valence-electron chi connectivity index (χ3n) is 5.53. The lowest BCUT2D eigenvalue weighted by molar-refractivity contribution is -0.120. The maximum atomic E-state index is 12.3. The number of carbonyl (C=O) groups is 2. The third-order valence-corrected chi connectivity index (χ3v) is 5.73. The number of carbonyl (C=O) groups excluding carboxylic acids is 2. The average molecular weight is 424 g/mol. The number of thiocarbonyl (C=S) groups is 1. The van der Waals surface area contributed by atoms with Crippen LogP contribution in [0.3, 0.4) is 0 Å². The van der Waals surface area contributed by atoms with Crippen LogP contribution in [0, 0.1) is 12.8 Å². The summed E-state index contributed by atoms with van der Waals surface area (Å²) in [6, 6.07) is 14.6. The average Bonchev–Trinajstić information content (AvgIpc) is 2.75. The molecule has 30 heavy (non-hydrogen) atoms. The Kier molecular flexibility index (Phi) is 7.97. The molecule has 158 valence electrons. The zero-order valence-electron chi connectivity index (χ0n) is 17.4. The van der Waals surface area contributed by atoms with Crippen molar-refractivity contribution in [2.24, 2.45) is 5.92 Å². The lowest BCUT2D eigenvalue weighted by Gasteiger charge is -2.21. The van der Waals surface area contributed by atoms with Crippen molar-refractivity contribution in [2.45, 2.75) is 51.9 Å². The molecule has 0 aromatic heterocycles. The molecule has 0 aliphatic heterocycles. The molecule has 1 fully saturated rings. The normalized spacial score (nSPS) is 14.0. The van der Waals surface area contributed by atoms with E-state index in [2.05, 4.69) is 16.0 Å². The van der Waals surface area contributed by atoms with Gasteiger partial charge in [-0.15, -0.1) is 0 Å². The van der Waals surface area contributed by atoms with E-state index >= 15 is 0 Å². The molecule has 2 aromatic carbocycles. The first-order valence-corrected chi connectivity index (χ1v) is 11.0. The van der Waals surface area contributed by atoms with E-state index in [1.54, 1.807) is 12.1 Å². The predicted molar refractivity (Wildman–Crippen MR) is 126 cm³/mol. The van der Waals surface area contributed by atoms with E-state index in [0.29, 0.717) is 23.0 Å². The number of hydrogen-bond acceptors (Lipinski definition) is 3. The zero-order chi connectivity index (χ0) is 21.3. The van der Waals surface area contributed by atoms with Crippen molar-refractivity contribution in [3.05, 3.63) is 59.7 Å². The van der Waals surface area contributed by atoms with Crippen molar-refractivity contribution in [1.29, 1.82) is 0 Å². The third kappa shape index (κ3) is 6.66. The molecule has 1 aliphatic carbocycles. The standard InChI is InChI=1S/C24H29N3O2S/c1-17-16-20(13-14-21(17)26-23(29)19-10-6-3-7-11-19)25-24(30)27-22(28)15-12-18-8-4-2-5-9-18/h3,6-7,10-11,13-14,16,18H,2,4-5,8-9,12,15H2,1H3,(H,26,29)(H2,25,27,28,30). The van der Waals surface area contributed by atoms with Crippen LogP contribution in [-0.4, -0.2) is 16.9 Å². The molecule has 0 saturated heterocycles. The lowest BCUT2D eigenvalue weighted by atomic mass is 9.86. The molecule has 1 aliphatic rings. The summed E-state index contributed by atoms with van der Waals surface area (Å²) in [6.45, 7) is 1.91. The van der Waals surface area contributed by atoms with Gasteiger partial charge in [-0.25, -0.2) is 0 Å². The molecular weight excluding hydrogens is 394 g/mol. The van der Waals surface area contributed by atoms with Crippen LogP contribution < -0.4 is 16.0 Å². The number of hydrogen-bond donors (Lipinski definition) is 3. The minimum absolute atomic E-state index is 0.0402. The van der Waals surface area contributed by atoms with Gasteiger partial charge in [0.05, 0.1) is 0 Å². The fourth-order valence-electron chi connectivity index (χ4n) is 3.83. The van der Waals surface area contributed by atoms with Crippen molar-refractivity contribution in [3.63, 3.8) is 0 Å². The maximum absolute atomic E-state index is 12.3. The Hall–Kier alpha value is -2.73. The first kappa shape index (κ1) is 22.0. The summed E-state index contributed by atoms with van der Waals surface area (Å²) in [4.78, 5) is 24.5. The molecule has 2 aromatic rings. The molecule has 1 saturated carbocycles. The van der Waals surface area contributed by atoms with Crippen LogP contribution in [0.2, 0.25) is 0 Å². The second kappa shape index (κ2) is 10.9. The van der Waals surface area contributed by atoms with Crippen LogP contribution in [0.4, 0.5) is 11.4 Å². The van der Waals surface area contributed by atoms with Crippen LogP contribution in [0.15, 0.2) is 48.5 Å². The minimum Gasteiger partial charge on any atom is -0.332 e. The van der Waals surface area contributed by atoms with E-state index in [1.165, 1.54) is 32.1 Å². The molecule has 0 radical (unpaired) electrons. The van der Waals surface area contributed by atoms with Gasteiger partial charge in [0.25, 0.3) is 5.91 Å². The van der Waals surface area contributed by atoms with Gasteiger partial charge in [0.15, 0.2) is 5.11 Å². The Morgan fingerprint density at radius 2 is 1.73 bits per heavy atom. The fourth-order valence-corrected chi connectivity index (χ4v) is 4.06. The number of amides is 2. The molecule has 0 heterocycles. The zero-order valence-corrected chi connectivity index (χ0v) is 18.2. The van der Waals surface area contributed by atoms with Gasteiger partial charge in [-0.05, 0) is 67.4 Å². The van der Waals surface area contributed by atoms with Gasteiger partial charge in [-0.3, -0.25) is 9.59 Å². The Balaban J connectivity index is 1.47. The van der Waals surface area contributed by atoms with Gasteiger partial charge >= 0.3 is 0 Å². The quantitative estimate of drug-likeness (QED) is 0.543. The van der Waals surface area contributed by atoms with Crippen LogP contribution in [-0.2, 0) is 4.79 Å². The number of nitrogens with one attached hydrogen (secondary N) is 3. The van der Waals surface area contributed by atoms with Gasteiger partial charge in [-0.2, -0.15) is 0 Å². The van der Waals surface area contributed by atoms with Gasteiger partial charge in [-0.1, -0.05) is 50.3 Å². The number of anilines is 2. The fraction of sp³-hybridized carbons (Fsp3) is 0.375. The molecular formula is C24H29N3O2S. The van der Waals surface area contributed by atoms with Crippen molar-refractivity contribution in [3.8, 4) is 0 Å². The molecule has 3 rings (SSSR count). The second-order valence-corrected chi connectivity index (χ2v) is 8.30. The monoisotopic (exact) mass is 423 g/mol. The summed E-state index contributed by atoms with van der Waals surface area (Å²) in [5.74, 6) is 0.481. The molecule has 5 nitrogen and oxygen atoms in total. The van der Waals surface area contributed by atoms with Gasteiger partial charge in [0, 0.05) is 23.4 Å². The highest BCUT2D eigenvalue weighted by molar-refractivity contribution is 7.80. The number of aryl methyl sites for hydroxylation is 1. The summed E-state index contributed by atoms with van der Waals surface area (Å²) >= 11 is 5.28. The Labute approximate surface area is 183 Å². The lowest BCUT2D eigenvalue weighted by Crippen LogP contribution is -2.34. The second-order valence-electron chi connectivity index (χ2n) is 7.89. The van der Waals surface area contributed by atoms with Gasteiger partial charge in [0.2, 0.25) is 5.91 Å². The number of rotatable bonds is 6. The molecule has 0 bridgehead atoms. The van der Waals surface area contributed by atoms with Gasteiger partial charge in [0.1, 0.15) is 0 Å². The van der Waals surface area contributed by atoms with E-state index in [4.69, 9.17) is 12.2 Å². The molecule has 6 heteroatoms. The molecule has 2 amide bonds. The maximum Gasteiger partial charge on any atom is 0.255 e. The van der Waals surface area contributed by atoms with Crippen LogP contribution in [0.1, 0.15) is 60.9 Å². The highest BCUT2D eigenvalue weighted by Gasteiger charge is 2.15. The Bertz CT molecular complexity index is 893. The Morgan fingerprint density at radius 1 is 1.00 bits per heavy atom. The van der Waals surface area contributed by atoms with E-state index in [-0.39, 0.29) is 11.8 Å². The first-order chi connectivity index (χ1) is 14.5. The van der Waals surface area contributed by atoms with Gasteiger partial charge < -0.3 is 16.0 Å². The summed E-state index contributed by atoms with van der Waals surface area (Å²) in [5, 5.41) is 9.03.